The largest absolute Gasteiger partial charge is 0.479 e. The van der Waals surface area contributed by atoms with Crippen LogP contribution in [0.1, 0.15) is 60.8 Å². The van der Waals surface area contributed by atoms with Gasteiger partial charge in [0.1, 0.15) is 11.4 Å². The molecular weight excluding hydrogens is 332 g/mol. The number of methoxy groups -OCH3 is 1. The van der Waals surface area contributed by atoms with Crippen molar-refractivity contribution in [3.05, 3.63) is 40.5 Å². The van der Waals surface area contributed by atoms with Gasteiger partial charge in [0.2, 0.25) is 17.6 Å². The third-order valence-corrected chi connectivity index (χ3v) is 4.13. The van der Waals surface area contributed by atoms with Crippen molar-refractivity contribution < 1.29 is 18.7 Å². The molecule has 0 fully saturated rings. The van der Waals surface area contributed by atoms with E-state index in [1.165, 1.54) is 7.11 Å². The van der Waals surface area contributed by atoms with E-state index in [1.54, 1.807) is 39.8 Å². The van der Waals surface area contributed by atoms with Gasteiger partial charge in [0.05, 0.1) is 12.7 Å². The lowest BCUT2D eigenvalue weighted by atomic mass is 9.93. The summed E-state index contributed by atoms with van der Waals surface area (Å²) in [7, 11) is 1.46. The Morgan fingerprint density at radius 1 is 1.23 bits per heavy atom. The molecule has 26 heavy (non-hydrogen) atoms. The maximum absolute atomic E-state index is 13.2. The number of amides is 1. The summed E-state index contributed by atoms with van der Waals surface area (Å²) >= 11 is 0. The van der Waals surface area contributed by atoms with E-state index in [9.17, 15) is 9.59 Å². The minimum atomic E-state index is -0.635. The molecule has 0 aliphatic carbocycles. The lowest BCUT2D eigenvalue weighted by molar-refractivity contribution is -0.123. The molecule has 0 unspecified atom stereocenters. The van der Waals surface area contributed by atoms with E-state index in [-0.39, 0.29) is 29.0 Å². The topological polar surface area (TPSA) is 81.4 Å². The van der Waals surface area contributed by atoms with Crippen LogP contribution >= 0.6 is 0 Å². The van der Waals surface area contributed by atoms with Gasteiger partial charge in [0.25, 0.3) is 0 Å². The number of hydrogen-bond donors (Lipinski definition) is 1. The van der Waals surface area contributed by atoms with Gasteiger partial charge in [-0.2, -0.15) is 0 Å². The molecule has 0 aliphatic heterocycles. The van der Waals surface area contributed by atoms with Crippen LogP contribution in [-0.2, 0) is 11.2 Å². The predicted octanol–water partition coefficient (Wildman–Crippen LogP) is 4.08. The lowest BCUT2D eigenvalue weighted by Gasteiger charge is -2.22. The fourth-order valence-corrected chi connectivity index (χ4v) is 2.64. The minimum absolute atomic E-state index is 0.212. The summed E-state index contributed by atoms with van der Waals surface area (Å²) in [6, 6.07) is 3.37. The van der Waals surface area contributed by atoms with Crippen molar-refractivity contribution in [3.63, 3.8) is 0 Å². The molecule has 2 heterocycles. The average molecular weight is 358 g/mol. The van der Waals surface area contributed by atoms with Crippen LogP contribution in [-0.4, -0.2) is 23.8 Å². The quantitative estimate of drug-likeness (QED) is 0.815. The van der Waals surface area contributed by atoms with Crippen LogP contribution in [0.15, 0.2) is 16.5 Å². The van der Waals surface area contributed by atoms with Crippen LogP contribution in [0.25, 0.3) is 0 Å². The molecule has 0 aliphatic rings. The van der Waals surface area contributed by atoms with E-state index in [0.717, 1.165) is 5.56 Å². The molecular formula is C20H26N2O4. The van der Waals surface area contributed by atoms with Crippen molar-refractivity contribution in [2.24, 2.45) is 5.41 Å². The van der Waals surface area contributed by atoms with Crippen molar-refractivity contribution >= 4 is 17.4 Å². The van der Waals surface area contributed by atoms with Crippen LogP contribution in [0.3, 0.4) is 0 Å². The van der Waals surface area contributed by atoms with Gasteiger partial charge in [-0.05, 0) is 38.0 Å². The highest BCUT2D eigenvalue weighted by Gasteiger charge is 2.30. The first-order chi connectivity index (χ1) is 12.1. The summed E-state index contributed by atoms with van der Waals surface area (Å²) < 4.78 is 10.9. The number of aryl methyl sites for hydroxylation is 2. The highest BCUT2D eigenvalue weighted by molar-refractivity contribution is 6.14. The maximum Gasteiger partial charge on any atom is 0.238 e. The molecule has 2 rings (SSSR count). The van der Waals surface area contributed by atoms with E-state index >= 15 is 0 Å². The highest BCUT2D eigenvalue weighted by atomic mass is 16.5. The number of anilines is 1. The number of aromatic nitrogens is 1. The molecule has 2 aromatic rings. The third-order valence-electron chi connectivity index (χ3n) is 4.13. The second-order valence-corrected chi connectivity index (χ2v) is 7.23. The second kappa shape index (κ2) is 7.32. The zero-order chi connectivity index (χ0) is 19.6. The summed E-state index contributed by atoms with van der Waals surface area (Å²) in [5.74, 6) is 0.542. The Balaban J connectivity index is 2.71. The number of furan rings is 1. The maximum atomic E-state index is 13.2. The van der Waals surface area contributed by atoms with E-state index < -0.39 is 5.41 Å². The number of hydrogen-bond acceptors (Lipinski definition) is 5. The summed E-state index contributed by atoms with van der Waals surface area (Å²) in [6.07, 6.45) is 0.585. The molecule has 6 nitrogen and oxygen atoms in total. The zero-order valence-electron chi connectivity index (χ0n) is 16.4. The van der Waals surface area contributed by atoms with E-state index in [4.69, 9.17) is 9.15 Å². The van der Waals surface area contributed by atoms with Gasteiger partial charge in [-0.25, -0.2) is 4.98 Å². The molecule has 0 aromatic carbocycles. The summed E-state index contributed by atoms with van der Waals surface area (Å²) in [4.78, 5) is 30.2. The van der Waals surface area contributed by atoms with Gasteiger partial charge in [0, 0.05) is 11.1 Å². The number of carbonyl (C=O) groups excluding carboxylic acids is 2. The highest BCUT2D eigenvalue weighted by Crippen LogP contribution is 2.34. The Morgan fingerprint density at radius 2 is 1.88 bits per heavy atom. The fraction of sp³-hybridized carbons (Fsp3) is 0.450. The smallest absolute Gasteiger partial charge is 0.238 e. The summed E-state index contributed by atoms with van der Waals surface area (Å²) in [6.45, 7) is 10.9. The van der Waals surface area contributed by atoms with Crippen molar-refractivity contribution in [2.45, 2.75) is 48.0 Å². The Morgan fingerprint density at radius 3 is 2.35 bits per heavy atom. The normalized spacial score (nSPS) is 11.3. The molecule has 6 heteroatoms. The monoisotopic (exact) mass is 358 g/mol. The minimum Gasteiger partial charge on any atom is -0.479 e. The van der Waals surface area contributed by atoms with Crippen molar-refractivity contribution in [3.8, 4) is 5.88 Å². The molecule has 2 aromatic heterocycles. The zero-order valence-corrected chi connectivity index (χ0v) is 16.4. The first-order valence-corrected chi connectivity index (χ1v) is 8.60. The van der Waals surface area contributed by atoms with Crippen molar-refractivity contribution in [1.29, 1.82) is 0 Å². The van der Waals surface area contributed by atoms with Crippen molar-refractivity contribution in [2.75, 3.05) is 12.4 Å². The number of ether oxygens (including phenoxy) is 1. The summed E-state index contributed by atoms with van der Waals surface area (Å²) in [5.41, 5.74) is 1.46. The number of pyridine rings is 1. The van der Waals surface area contributed by atoms with E-state index in [0.29, 0.717) is 23.4 Å². The number of carbonyl (C=O) groups is 2. The van der Waals surface area contributed by atoms with E-state index in [1.807, 2.05) is 13.8 Å². The molecule has 0 spiro atoms. The third kappa shape index (κ3) is 3.79. The second-order valence-electron chi connectivity index (χ2n) is 7.23. The van der Waals surface area contributed by atoms with Crippen LogP contribution in [0.5, 0.6) is 5.88 Å². The summed E-state index contributed by atoms with van der Waals surface area (Å²) in [5, 5.41) is 2.84. The van der Waals surface area contributed by atoms with Gasteiger partial charge in [0.15, 0.2) is 5.76 Å². The fourth-order valence-electron chi connectivity index (χ4n) is 2.64. The van der Waals surface area contributed by atoms with Gasteiger partial charge >= 0.3 is 0 Å². The average Bonchev–Trinajstić information content (AvgIpc) is 3.00. The standard InChI is InChI=1S/C20H26N2O4/c1-8-13-12(3)21-18(25-7)16(22-19(24)20(4,5)6)15(13)17(23)14-10-9-11(2)26-14/h9-10H,8H2,1-7H3,(H,22,24). The van der Waals surface area contributed by atoms with Crippen LogP contribution in [0.4, 0.5) is 5.69 Å². The SMILES string of the molecule is CCc1c(C)nc(OC)c(NC(=O)C(C)(C)C)c1C(=O)c1ccc(C)o1. The number of nitrogens with zero attached hydrogens (tertiary/aromatic N) is 1. The predicted molar refractivity (Wildman–Crippen MR) is 99.9 cm³/mol. The Labute approximate surface area is 154 Å². The van der Waals surface area contributed by atoms with Crippen molar-refractivity contribution in [1.82, 2.24) is 4.98 Å². The number of ketones is 1. The molecule has 1 N–H and O–H groups in total. The van der Waals surface area contributed by atoms with Gasteiger partial charge in [-0.3, -0.25) is 9.59 Å². The van der Waals surface area contributed by atoms with Crippen LogP contribution in [0, 0.1) is 19.3 Å². The Kier molecular flexibility index (Phi) is 5.54. The van der Waals surface area contributed by atoms with Crippen LogP contribution in [0.2, 0.25) is 0 Å². The molecule has 0 radical (unpaired) electrons. The molecule has 140 valence electrons. The van der Waals surface area contributed by atoms with Gasteiger partial charge < -0.3 is 14.5 Å². The molecule has 0 atom stereocenters. The first-order valence-electron chi connectivity index (χ1n) is 8.60. The molecule has 0 saturated heterocycles. The molecule has 0 saturated carbocycles. The van der Waals surface area contributed by atoms with Gasteiger partial charge in [-0.1, -0.05) is 27.7 Å². The molecule has 1 amide bonds. The first kappa shape index (κ1) is 19.7. The number of rotatable bonds is 5. The number of nitrogens with one attached hydrogen (secondary N) is 1. The Bertz CT molecular complexity index is 844. The van der Waals surface area contributed by atoms with E-state index in [2.05, 4.69) is 10.3 Å². The molecule has 0 bridgehead atoms. The lowest BCUT2D eigenvalue weighted by Crippen LogP contribution is -2.29. The van der Waals surface area contributed by atoms with Crippen LogP contribution < -0.4 is 10.1 Å². The Hall–Kier alpha value is -2.63. The van der Waals surface area contributed by atoms with Gasteiger partial charge in [-0.15, -0.1) is 0 Å².